The van der Waals surface area contributed by atoms with Crippen molar-refractivity contribution in [1.29, 1.82) is 0 Å². The summed E-state index contributed by atoms with van der Waals surface area (Å²) in [6, 6.07) is 7.53. The number of benzene rings is 1. The minimum absolute atomic E-state index is 0.266. The van der Waals surface area contributed by atoms with Crippen molar-refractivity contribution in [2.45, 2.75) is 19.4 Å². The average Bonchev–Trinajstić information content (AvgIpc) is 2.83. The summed E-state index contributed by atoms with van der Waals surface area (Å²) in [5.74, 6) is 0.666. The number of aliphatic hydroxyl groups excluding tert-OH is 1. The maximum Gasteiger partial charge on any atom is 0.416 e. The zero-order valence-corrected chi connectivity index (χ0v) is 11.3. The molecule has 108 valence electrons. The Bertz CT molecular complexity index is 591. The molecule has 1 heterocycles. The molecule has 0 bridgehead atoms. The van der Waals surface area contributed by atoms with Crippen LogP contribution in [0.15, 0.2) is 39.7 Å². The highest BCUT2D eigenvalue weighted by Crippen LogP contribution is 2.23. The number of hydrogen-bond acceptors (Lipinski definition) is 5. The average molecular weight is 278 g/mol. The Morgan fingerprint density at radius 2 is 2.25 bits per heavy atom. The Hall–Kier alpha value is -2.21. The number of rotatable bonds is 7. The first-order chi connectivity index (χ1) is 9.69. The number of aliphatic hydroxyl groups is 1. The molecule has 0 saturated heterocycles. The molecule has 1 unspecified atom stereocenters. The normalized spacial score (nSPS) is 12.1. The third-order valence-corrected chi connectivity index (χ3v) is 2.73. The van der Waals surface area contributed by atoms with Gasteiger partial charge in [-0.2, -0.15) is 0 Å². The molecule has 2 rings (SSSR count). The maximum absolute atomic E-state index is 10.8. The Morgan fingerprint density at radius 1 is 1.45 bits per heavy atom. The molecule has 0 saturated carbocycles. The van der Waals surface area contributed by atoms with E-state index >= 15 is 0 Å². The summed E-state index contributed by atoms with van der Waals surface area (Å²) in [5, 5.41) is 13.0. The number of aromatic amines is 1. The van der Waals surface area contributed by atoms with Gasteiger partial charge in [-0.3, -0.25) is 4.98 Å². The molecule has 1 aromatic carbocycles. The molecule has 0 aliphatic rings. The topological polar surface area (TPSA) is 87.5 Å². The summed E-state index contributed by atoms with van der Waals surface area (Å²) in [4.78, 5) is 13.2. The lowest BCUT2D eigenvalue weighted by atomic mass is 10.2. The number of H-pyrrole nitrogens is 1. The van der Waals surface area contributed by atoms with E-state index in [9.17, 15) is 9.90 Å². The van der Waals surface area contributed by atoms with Gasteiger partial charge in [-0.1, -0.05) is 12.1 Å². The number of anilines is 1. The molecule has 2 aromatic rings. The van der Waals surface area contributed by atoms with Crippen LogP contribution in [0.2, 0.25) is 0 Å². The monoisotopic (exact) mass is 278 g/mol. The number of nitrogens with one attached hydrogen (secondary N) is 2. The van der Waals surface area contributed by atoms with Gasteiger partial charge in [0.15, 0.2) is 0 Å². The van der Waals surface area contributed by atoms with Gasteiger partial charge in [0, 0.05) is 19.2 Å². The molecular formula is C14H18N2O4. The van der Waals surface area contributed by atoms with Crippen molar-refractivity contribution in [2.75, 3.05) is 18.5 Å². The summed E-state index contributed by atoms with van der Waals surface area (Å²) >= 11 is 0. The fourth-order valence-corrected chi connectivity index (χ4v) is 1.84. The standard InChI is InChI=1S/C14H18N2O4/c1-2-19-13-6-4-3-5-12(13)15-8-10(17)7-11-9-16-14(18)20-11/h3-6,9-10,15,17H,2,7-8H2,1H3,(H,16,18). The Balaban J connectivity index is 1.89. The van der Waals surface area contributed by atoms with Crippen molar-refractivity contribution in [3.8, 4) is 5.75 Å². The van der Waals surface area contributed by atoms with E-state index in [4.69, 9.17) is 9.15 Å². The van der Waals surface area contributed by atoms with Crippen molar-refractivity contribution < 1.29 is 14.3 Å². The van der Waals surface area contributed by atoms with Crippen LogP contribution in [-0.2, 0) is 6.42 Å². The van der Waals surface area contributed by atoms with Crippen LogP contribution in [0.25, 0.3) is 0 Å². The van der Waals surface area contributed by atoms with Gasteiger partial charge in [-0.25, -0.2) is 4.79 Å². The van der Waals surface area contributed by atoms with Gasteiger partial charge in [0.25, 0.3) is 0 Å². The second-order valence-electron chi connectivity index (χ2n) is 4.31. The van der Waals surface area contributed by atoms with E-state index in [0.29, 0.717) is 18.9 Å². The van der Waals surface area contributed by atoms with E-state index in [1.165, 1.54) is 6.20 Å². The number of aromatic nitrogens is 1. The molecule has 0 radical (unpaired) electrons. The molecule has 0 spiro atoms. The van der Waals surface area contributed by atoms with Gasteiger partial charge in [0.1, 0.15) is 11.5 Å². The molecule has 3 N–H and O–H groups in total. The fourth-order valence-electron chi connectivity index (χ4n) is 1.84. The van der Waals surface area contributed by atoms with E-state index < -0.39 is 11.9 Å². The van der Waals surface area contributed by atoms with E-state index in [1.54, 1.807) is 0 Å². The molecule has 6 heteroatoms. The minimum atomic E-state index is -0.663. The number of hydrogen-bond donors (Lipinski definition) is 3. The van der Waals surface area contributed by atoms with Crippen molar-refractivity contribution >= 4 is 5.69 Å². The zero-order chi connectivity index (χ0) is 14.4. The molecule has 0 aliphatic heterocycles. The Morgan fingerprint density at radius 3 is 2.95 bits per heavy atom. The Kier molecular flexibility index (Phi) is 4.84. The SMILES string of the molecule is CCOc1ccccc1NCC(O)Cc1c[nH]c(=O)o1. The number of ether oxygens (including phenoxy) is 1. The van der Waals surface area contributed by atoms with Gasteiger partial charge in [0.05, 0.1) is 18.4 Å². The molecule has 1 atom stereocenters. The largest absolute Gasteiger partial charge is 0.492 e. The van der Waals surface area contributed by atoms with Crippen LogP contribution < -0.4 is 15.8 Å². The third kappa shape index (κ3) is 3.89. The van der Waals surface area contributed by atoms with E-state index in [0.717, 1.165) is 11.4 Å². The molecule has 0 amide bonds. The second kappa shape index (κ2) is 6.81. The molecule has 0 aliphatic carbocycles. The molecule has 1 aromatic heterocycles. The van der Waals surface area contributed by atoms with Gasteiger partial charge in [-0.05, 0) is 19.1 Å². The predicted molar refractivity (Wildman–Crippen MR) is 75.1 cm³/mol. The van der Waals surface area contributed by atoms with E-state index in [-0.39, 0.29) is 6.42 Å². The summed E-state index contributed by atoms with van der Waals surface area (Å²) < 4.78 is 10.3. The van der Waals surface area contributed by atoms with Gasteiger partial charge < -0.3 is 19.6 Å². The maximum atomic E-state index is 10.8. The van der Waals surface area contributed by atoms with Crippen molar-refractivity contribution in [2.24, 2.45) is 0 Å². The van der Waals surface area contributed by atoms with Gasteiger partial charge >= 0.3 is 5.76 Å². The zero-order valence-electron chi connectivity index (χ0n) is 11.3. The lowest BCUT2D eigenvalue weighted by molar-refractivity contribution is 0.179. The van der Waals surface area contributed by atoms with Crippen molar-refractivity contribution in [3.63, 3.8) is 0 Å². The molecule has 6 nitrogen and oxygen atoms in total. The third-order valence-electron chi connectivity index (χ3n) is 2.73. The molecule has 0 fully saturated rings. The van der Waals surface area contributed by atoms with Gasteiger partial charge in [0.2, 0.25) is 0 Å². The first kappa shape index (κ1) is 14.2. The highest BCUT2D eigenvalue weighted by Gasteiger charge is 2.10. The first-order valence-corrected chi connectivity index (χ1v) is 6.50. The number of oxazole rings is 1. The predicted octanol–water partition coefficient (Wildman–Crippen LogP) is 1.38. The first-order valence-electron chi connectivity index (χ1n) is 6.50. The quantitative estimate of drug-likeness (QED) is 0.712. The number of para-hydroxylation sites is 2. The highest BCUT2D eigenvalue weighted by atomic mass is 16.5. The van der Waals surface area contributed by atoms with E-state index in [2.05, 4.69) is 10.3 Å². The van der Waals surface area contributed by atoms with Crippen LogP contribution in [0, 0.1) is 0 Å². The fraction of sp³-hybridized carbons (Fsp3) is 0.357. The van der Waals surface area contributed by atoms with Crippen LogP contribution in [0.4, 0.5) is 5.69 Å². The van der Waals surface area contributed by atoms with Crippen LogP contribution in [0.1, 0.15) is 12.7 Å². The summed E-state index contributed by atoms with van der Waals surface area (Å²) in [7, 11) is 0. The summed E-state index contributed by atoms with van der Waals surface area (Å²) in [6.45, 7) is 2.83. The van der Waals surface area contributed by atoms with Crippen molar-refractivity contribution in [1.82, 2.24) is 4.98 Å². The molecule has 20 heavy (non-hydrogen) atoms. The van der Waals surface area contributed by atoms with Crippen LogP contribution in [0.5, 0.6) is 5.75 Å². The van der Waals surface area contributed by atoms with Crippen molar-refractivity contribution in [3.05, 3.63) is 46.8 Å². The lowest BCUT2D eigenvalue weighted by Crippen LogP contribution is -2.22. The highest BCUT2D eigenvalue weighted by molar-refractivity contribution is 5.56. The second-order valence-corrected chi connectivity index (χ2v) is 4.31. The summed E-state index contributed by atoms with van der Waals surface area (Å²) in [5.41, 5.74) is 0.823. The summed E-state index contributed by atoms with van der Waals surface area (Å²) in [6.07, 6.45) is 1.06. The van der Waals surface area contributed by atoms with Crippen LogP contribution in [-0.4, -0.2) is 29.3 Å². The van der Waals surface area contributed by atoms with E-state index in [1.807, 2.05) is 31.2 Å². The minimum Gasteiger partial charge on any atom is -0.492 e. The van der Waals surface area contributed by atoms with Gasteiger partial charge in [-0.15, -0.1) is 0 Å². The van der Waals surface area contributed by atoms with Crippen LogP contribution in [0.3, 0.4) is 0 Å². The lowest BCUT2D eigenvalue weighted by Gasteiger charge is -2.14. The van der Waals surface area contributed by atoms with Crippen LogP contribution >= 0.6 is 0 Å². The molecular weight excluding hydrogens is 260 g/mol. The smallest absolute Gasteiger partial charge is 0.416 e. The Labute approximate surface area is 116 Å².